The molecule has 120 valence electrons. The van der Waals surface area contributed by atoms with Crippen molar-refractivity contribution in [1.82, 2.24) is 0 Å². The smallest absolute Gasteiger partial charge is 0.160 e. The van der Waals surface area contributed by atoms with Gasteiger partial charge in [0.1, 0.15) is 0 Å². The van der Waals surface area contributed by atoms with Crippen LogP contribution in [0.5, 0.6) is 0 Å². The summed E-state index contributed by atoms with van der Waals surface area (Å²) in [5.41, 5.74) is 3.12. The zero-order chi connectivity index (χ0) is 16.8. The molecule has 0 aliphatic carbocycles. The lowest BCUT2D eigenvalue weighted by Gasteiger charge is -2.26. The van der Waals surface area contributed by atoms with E-state index in [1.807, 2.05) is 24.3 Å². The number of hydrogen-bond acceptors (Lipinski definition) is 3. The molecular formula is C20H23NOS. The molecule has 2 rings (SSSR count). The van der Waals surface area contributed by atoms with E-state index in [0.29, 0.717) is 0 Å². The summed E-state index contributed by atoms with van der Waals surface area (Å²) in [7, 11) is 0. The molecule has 0 unspecified atom stereocenters. The summed E-state index contributed by atoms with van der Waals surface area (Å²) in [5, 5.41) is 0.936. The molecule has 0 heterocycles. The number of carbonyl (C=O) groups is 1. The van der Waals surface area contributed by atoms with Crippen LogP contribution < -0.4 is 4.90 Å². The Bertz CT molecular complexity index is 708. The van der Waals surface area contributed by atoms with Gasteiger partial charge >= 0.3 is 0 Å². The highest BCUT2D eigenvalue weighted by atomic mass is 32.2. The van der Waals surface area contributed by atoms with Crippen LogP contribution in [0.1, 0.15) is 36.2 Å². The molecule has 2 aromatic rings. The highest BCUT2D eigenvalue weighted by Gasteiger charge is 2.14. The fourth-order valence-corrected chi connectivity index (χ4v) is 3.47. The number of thioether (sulfide) groups is 1. The van der Waals surface area contributed by atoms with Crippen LogP contribution in [0.25, 0.3) is 0 Å². The molecule has 0 saturated carbocycles. The van der Waals surface area contributed by atoms with Gasteiger partial charge in [0.2, 0.25) is 0 Å². The Morgan fingerprint density at radius 1 is 1.17 bits per heavy atom. The number of benzene rings is 2. The summed E-state index contributed by atoms with van der Waals surface area (Å²) in [4.78, 5) is 15.0. The SMILES string of the molecule is C=C(Sc1ccccc1C(C)=O)N(CCC)c1cccc(C)c1. The Morgan fingerprint density at radius 2 is 1.91 bits per heavy atom. The fourth-order valence-electron chi connectivity index (χ4n) is 2.45. The predicted molar refractivity (Wildman–Crippen MR) is 100 cm³/mol. The van der Waals surface area contributed by atoms with Crippen LogP contribution in [0, 0.1) is 6.92 Å². The molecule has 0 radical (unpaired) electrons. The second-order valence-corrected chi connectivity index (χ2v) is 6.65. The van der Waals surface area contributed by atoms with Gasteiger partial charge in [0, 0.05) is 22.7 Å². The maximum absolute atomic E-state index is 11.8. The van der Waals surface area contributed by atoms with Gasteiger partial charge < -0.3 is 4.90 Å². The van der Waals surface area contributed by atoms with Gasteiger partial charge in [-0.05, 0) is 44.0 Å². The lowest BCUT2D eigenvalue weighted by Crippen LogP contribution is -2.21. The summed E-state index contributed by atoms with van der Waals surface area (Å²) in [6.07, 6.45) is 1.03. The van der Waals surface area contributed by atoms with E-state index in [4.69, 9.17) is 0 Å². The van der Waals surface area contributed by atoms with Gasteiger partial charge in [-0.15, -0.1) is 0 Å². The normalized spacial score (nSPS) is 10.4. The lowest BCUT2D eigenvalue weighted by molar-refractivity contribution is 0.101. The van der Waals surface area contributed by atoms with Crippen LogP contribution in [0.4, 0.5) is 5.69 Å². The van der Waals surface area contributed by atoms with Gasteiger partial charge in [-0.2, -0.15) is 0 Å². The van der Waals surface area contributed by atoms with Crippen LogP contribution in [0.3, 0.4) is 0 Å². The number of rotatable bonds is 7. The minimum absolute atomic E-state index is 0.0819. The van der Waals surface area contributed by atoms with E-state index >= 15 is 0 Å². The first kappa shape index (κ1) is 17.4. The first-order valence-corrected chi connectivity index (χ1v) is 8.65. The van der Waals surface area contributed by atoms with Crippen molar-refractivity contribution in [2.75, 3.05) is 11.4 Å². The molecule has 0 aliphatic heterocycles. The van der Waals surface area contributed by atoms with Crippen molar-refractivity contribution in [3.63, 3.8) is 0 Å². The second kappa shape index (κ2) is 8.02. The minimum atomic E-state index is 0.0819. The summed E-state index contributed by atoms with van der Waals surface area (Å²) >= 11 is 1.56. The average molecular weight is 325 g/mol. The van der Waals surface area contributed by atoms with Crippen molar-refractivity contribution in [3.8, 4) is 0 Å². The zero-order valence-electron chi connectivity index (χ0n) is 14.0. The Kier molecular flexibility index (Phi) is 6.05. The largest absolute Gasteiger partial charge is 0.336 e. The highest BCUT2D eigenvalue weighted by molar-refractivity contribution is 8.03. The van der Waals surface area contributed by atoms with Crippen LogP contribution in [0.15, 0.2) is 65.0 Å². The van der Waals surface area contributed by atoms with Crippen molar-refractivity contribution in [2.24, 2.45) is 0 Å². The standard InChI is InChI=1S/C20H23NOS/c1-5-13-21(18-10-8-9-15(2)14-18)17(4)23-20-12-7-6-11-19(20)16(3)22/h6-12,14H,4-5,13H2,1-3H3. The first-order chi connectivity index (χ1) is 11.0. The molecule has 0 N–H and O–H groups in total. The number of ketones is 1. The van der Waals surface area contributed by atoms with Gasteiger partial charge in [-0.1, -0.05) is 55.6 Å². The molecule has 0 aromatic heterocycles. The first-order valence-electron chi connectivity index (χ1n) is 7.84. The Hall–Kier alpha value is -2.00. The van der Waals surface area contributed by atoms with Crippen molar-refractivity contribution in [1.29, 1.82) is 0 Å². The number of carbonyl (C=O) groups excluding carboxylic acids is 1. The van der Waals surface area contributed by atoms with Gasteiger partial charge in [-0.3, -0.25) is 4.79 Å². The molecule has 2 aromatic carbocycles. The van der Waals surface area contributed by atoms with Crippen molar-refractivity contribution >= 4 is 23.2 Å². The molecular weight excluding hydrogens is 302 g/mol. The van der Waals surface area contributed by atoms with Gasteiger partial charge in [0.15, 0.2) is 5.78 Å². The number of nitrogens with zero attached hydrogens (tertiary/aromatic N) is 1. The topological polar surface area (TPSA) is 20.3 Å². The van der Waals surface area contributed by atoms with Crippen LogP contribution in [-0.4, -0.2) is 12.3 Å². The van der Waals surface area contributed by atoms with Crippen molar-refractivity contribution < 1.29 is 4.79 Å². The molecule has 23 heavy (non-hydrogen) atoms. The molecule has 0 bridgehead atoms. The van der Waals surface area contributed by atoms with Crippen LogP contribution in [0.2, 0.25) is 0 Å². The number of anilines is 1. The maximum atomic E-state index is 11.8. The van der Waals surface area contributed by atoms with E-state index in [2.05, 4.69) is 49.6 Å². The summed E-state index contributed by atoms with van der Waals surface area (Å²) < 4.78 is 0. The maximum Gasteiger partial charge on any atom is 0.160 e. The van der Waals surface area contributed by atoms with Gasteiger partial charge in [0.25, 0.3) is 0 Å². The lowest BCUT2D eigenvalue weighted by atomic mass is 10.1. The summed E-state index contributed by atoms with van der Waals surface area (Å²) in [6.45, 7) is 11.0. The summed E-state index contributed by atoms with van der Waals surface area (Å²) in [6, 6.07) is 16.1. The zero-order valence-corrected chi connectivity index (χ0v) is 14.8. The quantitative estimate of drug-likeness (QED) is 0.482. The van der Waals surface area contributed by atoms with Crippen LogP contribution in [-0.2, 0) is 0 Å². The molecule has 0 spiro atoms. The number of Topliss-reactive ketones (excluding diaryl/α,β-unsaturated/α-hetero) is 1. The van der Waals surface area contributed by atoms with Gasteiger partial charge in [0.05, 0.1) is 5.03 Å². The third kappa shape index (κ3) is 4.49. The minimum Gasteiger partial charge on any atom is -0.336 e. The second-order valence-electron chi connectivity index (χ2n) is 5.54. The van der Waals surface area contributed by atoms with E-state index in [-0.39, 0.29) is 5.78 Å². The summed E-state index contributed by atoms with van der Waals surface area (Å²) in [5.74, 6) is 0.0819. The Labute approximate surface area is 143 Å². The molecule has 0 fully saturated rings. The fraction of sp³-hybridized carbons (Fsp3) is 0.250. The van der Waals surface area contributed by atoms with E-state index in [1.165, 1.54) is 5.56 Å². The van der Waals surface area contributed by atoms with E-state index in [0.717, 1.165) is 34.1 Å². The predicted octanol–water partition coefficient (Wildman–Crippen LogP) is 5.68. The molecule has 2 nitrogen and oxygen atoms in total. The molecule has 0 aliphatic rings. The molecule has 3 heteroatoms. The van der Waals surface area contributed by atoms with E-state index in [9.17, 15) is 4.79 Å². The number of aryl methyl sites for hydroxylation is 1. The molecule has 0 atom stereocenters. The van der Waals surface area contributed by atoms with E-state index in [1.54, 1.807) is 18.7 Å². The monoisotopic (exact) mass is 325 g/mol. The highest BCUT2D eigenvalue weighted by Crippen LogP contribution is 2.34. The van der Waals surface area contributed by atoms with Crippen molar-refractivity contribution in [3.05, 3.63) is 71.3 Å². The van der Waals surface area contributed by atoms with Gasteiger partial charge in [-0.25, -0.2) is 0 Å². The van der Waals surface area contributed by atoms with Crippen molar-refractivity contribution in [2.45, 2.75) is 32.1 Å². The molecule has 0 saturated heterocycles. The van der Waals surface area contributed by atoms with Crippen LogP contribution >= 0.6 is 11.8 Å². The van der Waals surface area contributed by atoms with E-state index < -0.39 is 0 Å². The Balaban J connectivity index is 2.27. The Morgan fingerprint density at radius 3 is 2.57 bits per heavy atom. The third-order valence-corrected chi connectivity index (χ3v) is 4.59. The third-order valence-electron chi connectivity index (χ3n) is 3.56. The average Bonchev–Trinajstić information content (AvgIpc) is 2.52. The molecule has 0 amide bonds. The number of hydrogen-bond donors (Lipinski definition) is 0.